The molecule has 0 saturated heterocycles. The molecule has 0 aliphatic heterocycles. The molecule has 3 aromatic rings. The first kappa shape index (κ1) is 16.8. The fourth-order valence-electron chi connectivity index (χ4n) is 2.35. The maximum atomic E-state index is 12.0. The predicted octanol–water partition coefficient (Wildman–Crippen LogP) is 3.87. The first-order valence-electron chi connectivity index (χ1n) is 7.54. The molecular weight excluding hydrogens is 340 g/mol. The van der Waals surface area contributed by atoms with Crippen LogP contribution in [0.1, 0.15) is 10.4 Å². The fourth-order valence-corrected chi connectivity index (χ4v) is 2.47. The Morgan fingerprint density at radius 2 is 1.76 bits per heavy atom. The van der Waals surface area contributed by atoms with E-state index in [1.54, 1.807) is 6.07 Å². The molecule has 0 bridgehead atoms. The van der Waals surface area contributed by atoms with Gasteiger partial charge < -0.3 is 15.8 Å². The van der Waals surface area contributed by atoms with Crippen LogP contribution in [0.4, 0.5) is 11.4 Å². The molecule has 0 fully saturated rings. The minimum atomic E-state index is -0.642. The molecule has 3 rings (SSSR count). The molecule has 0 saturated carbocycles. The van der Waals surface area contributed by atoms with Crippen molar-refractivity contribution >= 4 is 45.6 Å². The van der Waals surface area contributed by atoms with Crippen molar-refractivity contribution in [2.24, 2.45) is 0 Å². The molecule has 5 nitrogen and oxygen atoms in total. The van der Waals surface area contributed by atoms with Gasteiger partial charge in [-0.05, 0) is 41.1 Å². The van der Waals surface area contributed by atoms with Crippen LogP contribution >= 0.6 is 11.6 Å². The zero-order valence-corrected chi connectivity index (χ0v) is 13.9. The van der Waals surface area contributed by atoms with Crippen molar-refractivity contribution in [2.45, 2.75) is 0 Å². The number of rotatable bonds is 4. The van der Waals surface area contributed by atoms with Crippen LogP contribution in [0.15, 0.2) is 60.7 Å². The number of ether oxygens (including phenoxy) is 1. The van der Waals surface area contributed by atoms with E-state index in [1.807, 2.05) is 36.4 Å². The number of nitrogens with two attached hydrogens (primary N) is 1. The maximum Gasteiger partial charge on any atom is 0.338 e. The summed E-state index contributed by atoms with van der Waals surface area (Å²) in [6.07, 6.45) is 0. The molecule has 3 N–H and O–H groups in total. The van der Waals surface area contributed by atoms with E-state index in [0.717, 1.165) is 10.8 Å². The first-order chi connectivity index (χ1) is 12.0. The molecule has 0 heterocycles. The van der Waals surface area contributed by atoms with E-state index >= 15 is 0 Å². The van der Waals surface area contributed by atoms with Crippen molar-refractivity contribution < 1.29 is 14.3 Å². The smallest absolute Gasteiger partial charge is 0.338 e. The molecule has 0 spiro atoms. The number of fused-ring (bicyclic) bond motifs is 1. The first-order valence-corrected chi connectivity index (χ1v) is 7.91. The summed E-state index contributed by atoms with van der Waals surface area (Å²) >= 11 is 5.80. The summed E-state index contributed by atoms with van der Waals surface area (Å²) in [5.74, 6) is -1.07. The number of hydrogen-bond acceptors (Lipinski definition) is 4. The second kappa shape index (κ2) is 7.23. The largest absolute Gasteiger partial charge is 0.452 e. The number of benzene rings is 3. The van der Waals surface area contributed by atoms with Gasteiger partial charge in [-0.2, -0.15) is 0 Å². The summed E-state index contributed by atoms with van der Waals surface area (Å²) < 4.78 is 4.99. The molecule has 0 aliphatic carbocycles. The van der Waals surface area contributed by atoms with Gasteiger partial charge in [-0.3, -0.25) is 4.79 Å². The van der Waals surface area contributed by atoms with Gasteiger partial charge in [0, 0.05) is 5.69 Å². The zero-order valence-electron chi connectivity index (χ0n) is 13.2. The molecule has 0 aromatic heterocycles. The Hall–Kier alpha value is -3.05. The lowest BCUT2D eigenvalue weighted by Gasteiger charge is -2.08. The maximum absolute atomic E-state index is 12.0. The molecule has 6 heteroatoms. The quantitative estimate of drug-likeness (QED) is 0.550. The summed E-state index contributed by atoms with van der Waals surface area (Å²) in [7, 11) is 0. The summed E-state index contributed by atoms with van der Waals surface area (Å²) in [5.41, 5.74) is 6.79. The lowest BCUT2D eigenvalue weighted by atomic mass is 10.1. The van der Waals surface area contributed by atoms with Gasteiger partial charge >= 0.3 is 5.97 Å². The normalized spacial score (nSPS) is 10.4. The van der Waals surface area contributed by atoms with Crippen LogP contribution in [0.25, 0.3) is 10.8 Å². The highest BCUT2D eigenvalue weighted by atomic mass is 35.5. The van der Waals surface area contributed by atoms with Crippen LogP contribution in [-0.2, 0) is 9.53 Å². The van der Waals surface area contributed by atoms with Gasteiger partial charge in [0.25, 0.3) is 5.91 Å². The highest BCUT2D eigenvalue weighted by Crippen LogP contribution is 2.20. The third-order valence-corrected chi connectivity index (χ3v) is 3.94. The zero-order chi connectivity index (χ0) is 17.8. The summed E-state index contributed by atoms with van der Waals surface area (Å²) in [4.78, 5) is 23.9. The highest BCUT2D eigenvalue weighted by molar-refractivity contribution is 6.33. The minimum absolute atomic E-state index is 0.236. The summed E-state index contributed by atoms with van der Waals surface area (Å²) in [6.45, 7) is -0.395. The SMILES string of the molecule is Nc1cc(C(=O)OCC(=O)Nc2ccc3ccccc3c2)ccc1Cl. The molecule has 0 unspecified atom stereocenters. The van der Waals surface area contributed by atoms with E-state index in [9.17, 15) is 9.59 Å². The molecule has 0 radical (unpaired) electrons. The third-order valence-electron chi connectivity index (χ3n) is 3.60. The standard InChI is InChI=1S/C19H15ClN2O3/c20-16-8-6-14(10-17(16)21)19(24)25-11-18(23)22-15-7-5-12-3-1-2-4-13(12)9-15/h1-10H,11,21H2,(H,22,23). The van der Waals surface area contributed by atoms with Crippen LogP contribution in [-0.4, -0.2) is 18.5 Å². The number of amides is 1. The lowest BCUT2D eigenvalue weighted by molar-refractivity contribution is -0.119. The number of nitrogens with one attached hydrogen (secondary N) is 1. The van der Waals surface area contributed by atoms with E-state index in [4.69, 9.17) is 22.1 Å². The minimum Gasteiger partial charge on any atom is -0.452 e. The Balaban J connectivity index is 1.59. The topological polar surface area (TPSA) is 81.4 Å². The van der Waals surface area contributed by atoms with Gasteiger partial charge in [-0.25, -0.2) is 4.79 Å². The van der Waals surface area contributed by atoms with Crippen molar-refractivity contribution in [1.82, 2.24) is 0 Å². The number of carbonyl (C=O) groups excluding carboxylic acids is 2. The number of anilines is 2. The second-order valence-corrected chi connectivity index (χ2v) is 5.83. The van der Waals surface area contributed by atoms with Crippen molar-refractivity contribution in [3.05, 3.63) is 71.2 Å². The molecular formula is C19H15ClN2O3. The van der Waals surface area contributed by atoms with Crippen molar-refractivity contribution in [3.8, 4) is 0 Å². The van der Waals surface area contributed by atoms with E-state index in [1.165, 1.54) is 18.2 Å². The number of halogens is 1. The Bertz CT molecular complexity index is 956. The predicted molar refractivity (Wildman–Crippen MR) is 98.7 cm³/mol. The van der Waals surface area contributed by atoms with E-state index < -0.39 is 18.5 Å². The van der Waals surface area contributed by atoms with Crippen LogP contribution in [0.5, 0.6) is 0 Å². The molecule has 25 heavy (non-hydrogen) atoms. The van der Waals surface area contributed by atoms with Gasteiger partial charge in [0.05, 0.1) is 16.3 Å². The Morgan fingerprint density at radius 1 is 1.00 bits per heavy atom. The fraction of sp³-hybridized carbons (Fsp3) is 0.0526. The number of nitrogen functional groups attached to an aromatic ring is 1. The van der Waals surface area contributed by atoms with Crippen LogP contribution < -0.4 is 11.1 Å². The Kier molecular flexibility index (Phi) is 4.86. The second-order valence-electron chi connectivity index (χ2n) is 5.42. The van der Waals surface area contributed by atoms with Gasteiger partial charge in [0.2, 0.25) is 0 Å². The number of esters is 1. The average molecular weight is 355 g/mol. The average Bonchev–Trinajstić information content (AvgIpc) is 2.62. The number of hydrogen-bond donors (Lipinski definition) is 2. The Morgan fingerprint density at radius 3 is 2.52 bits per heavy atom. The third kappa shape index (κ3) is 4.08. The molecule has 0 atom stereocenters. The monoisotopic (exact) mass is 354 g/mol. The van der Waals surface area contributed by atoms with Crippen molar-refractivity contribution in [3.63, 3.8) is 0 Å². The van der Waals surface area contributed by atoms with Crippen molar-refractivity contribution in [1.29, 1.82) is 0 Å². The van der Waals surface area contributed by atoms with Gasteiger partial charge in [0.15, 0.2) is 6.61 Å². The van der Waals surface area contributed by atoms with E-state index in [0.29, 0.717) is 10.7 Å². The lowest BCUT2D eigenvalue weighted by Crippen LogP contribution is -2.21. The Labute approximate surface area is 149 Å². The van der Waals surface area contributed by atoms with Crippen LogP contribution in [0, 0.1) is 0 Å². The van der Waals surface area contributed by atoms with E-state index in [2.05, 4.69) is 5.32 Å². The van der Waals surface area contributed by atoms with Crippen LogP contribution in [0.2, 0.25) is 5.02 Å². The molecule has 1 amide bonds. The summed E-state index contributed by atoms with van der Waals surface area (Å²) in [6, 6.07) is 17.8. The molecule has 0 aliphatic rings. The van der Waals surface area contributed by atoms with Crippen molar-refractivity contribution in [2.75, 3.05) is 17.7 Å². The molecule has 3 aromatic carbocycles. The van der Waals surface area contributed by atoms with Gasteiger partial charge in [0.1, 0.15) is 0 Å². The van der Waals surface area contributed by atoms with Crippen LogP contribution in [0.3, 0.4) is 0 Å². The van der Waals surface area contributed by atoms with Gasteiger partial charge in [-0.1, -0.05) is 41.9 Å². The molecule has 126 valence electrons. The highest BCUT2D eigenvalue weighted by Gasteiger charge is 2.12. The van der Waals surface area contributed by atoms with E-state index in [-0.39, 0.29) is 11.3 Å². The number of carbonyl (C=O) groups is 2. The van der Waals surface area contributed by atoms with Gasteiger partial charge in [-0.15, -0.1) is 0 Å². The summed E-state index contributed by atoms with van der Waals surface area (Å²) in [5, 5.41) is 5.14.